The number of carboxylic acids is 1. The molecule has 2 unspecified atom stereocenters. The molecule has 6 heteroatoms. The third kappa shape index (κ3) is 3.43. The average Bonchev–Trinajstić information content (AvgIpc) is 2.74. The van der Waals surface area contributed by atoms with Crippen LogP contribution >= 0.6 is 0 Å². The number of hydrogen-bond donors (Lipinski definition) is 2. The molecule has 0 saturated carbocycles. The van der Waals surface area contributed by atoms with E-state index in [1.54, 1.807) is 7.05 Å². The maximum atomic E-state index is 12.1. The van der Waals surface area contributed by atoms with E-state index in [-0.39, 0.29) is 19.1 Å². The molecule has 0 aromatic heterocycles. The van der Waals surface area contributed by atoms with Crippen molar-refractivity contribution in [2.45, 2.75) is 32.4 Å². The lowest BCUT2D eigenvalue weighted by atomic mass is 9.99. The van der Waals surface area contributed by atoms with Crippen molar-refractivity contribution in [3.05, 3.63) is 0 Å². The number of nitrogens with two attached hydrogens (primary N) is 1. The second kappa shape index (κ2) is 6.15. The van der Waals surface area contributed by atoms with Gasteiger partial charge in [-0.3, -0.25) is 9.59 Å². The second-order valence-electron chi connectivity index (χ2n) is 5.23. The molecule has 0 radical (unpaired) electrons. The van der Waals surface area contributed by atoms with Crippen molar-refractivity contribution in [3.63, 3.8) is 0 Å². The van der Waals surface area contributed by atoms with Crippen LogP contribution in [0.5, 0.6) is 0 Å². The number of carbonyl (C=O) groups is 2. The van der Waals surface area contributed by atoms with Gasteiger partial charge in [-0.2, -0.15) is 0 Å². The highest BCUT2D eigenvalue weighted by atomic mass is 16.5. The molecule has 104 valence electrons. The number of ether oxygens (including phenoxy) is 1. The number of carboxylic acid groups (broad SMARTS) is 1. The van der Waals surface area contributed by atoms with Crippen LogP contribution in [0, 0.1) is 11.8 Å². The number of rotatable bonds is 5. The first-order valence-corrected chi connectivity index (χ1v) is 6.17. The Morgan fingerprint density at radius 1 is 1.44 bits per heavy atom. The molecule has 0 aliphatic carbocycles. The van der Waals surface area contributed by atoms with Gasteiger partial charge in [-0.1, -0.05) is 13.8 Å². The van der Waals surface area contributed by atoms with Gasteiger partial charge >= 0.3 is 5.97 Å². The fourth-order valence-electron chi connectivity index (χ4n) is 2.19. The van der Waals surface area contributed by atoms with Crippen molar-refractivity contribution >= 4 is 11.9 Å². The van der Waals surface area contributed by atoms with E-state index in [4.69, 9.17) is 15.6 Å². The van der Waals surface area contributed by atoms with Gasteiger partial charge < -0.3 is 20.5 Å². The van der Waals surface area contributed by atoms with Gasteiger partial charge in [-0.15, -0.1) is 0 Å². The molecule has 1 rings (SSSR count). The predicted octanol–water partition coefficient (Wildman–Crippen LogP) is -0.0822. The molecule has 0 aromatic carbocycles. The molecular formula is C12H22N2O4. The summed E-state index contributed by atoms with van der Waals surface area (Å²) in [6, 6.07) is -1.00. The summed E-state index contributed by atoms with van der Waals surface area (Å²) in [6.07, 6.45) is 0.592. The van der Waals surface area contributed by atoms with Crippen LogP contribution in [0.4, 0.5) is 0 Å². The molecule has 0 aromatic rings. The normalized spacial score (nSPS) is 25.2. The summed E-state index contributed by atoms with van der Waals surface area (Å²) in [7, 11) is 1.60. The fraction of sp³-hybridized carbons (Fsp3) is 0.833. The quantitative estimate of drug-likeness (QED) is 0.719. The zero-order valence-corrected chi connectivity index (χ0v) is 11.1. The Labute approximate surface area is 107 Å². The minimum absolute atomic E-state index is 0.150. The van der Waals surface area contributed by atoms with Crippen molar-refractivity contribution in [3.8, 4) is 0 Å². The van der Waals surface area contributed by atoms with Gasteiger partial charge in [0.2, 0.25) is 5.91 Å². The third-order valence-corrected chi connectivity index (χ3v) is 3.26. The molecular weight excluding hydrogens is 236 g/mol. The summed E-state index contributed by atoms with van der Waals surface area (Å²) in [5.41, 5.74) is 5.83. The first kappa shape index (κ1) is 14.9. The van der Waals surface area contributed by atoms with Crippen molar-refractivity contribution in [1.82, 2.24) is 4.90 Å². The smallest absolute Gasteiger partial charge is 0.311 e. The van der Waals surface area contributed by atoms with Crippen molar-refractivity contribution in [2.75, 3.05) is 20.3 Å². The van der Waals surface area contributed by atoms with Crippen molar-refractivity contribution in [1.29, 1.82) is 0 Å². The molecule has 1 heterocycles. The number of aliphatic carboxylic acids is 1. The molecule has 6 nitrogen and oxygen atoms in total. The van der Waals surface area contributed by atoms with Gasteiger partial charge in [-0.05, 0) is 12.3 Å². The molecule has 1 saturated heterocycles. The molecule has 3 atom stereocenters. The zero-order chi connectivity index (χ0) is 13.9. The van der Waals surface area contributed by atoms with E-state index in [0.717, 1.165) is 0 Å². The Bertz CT molecular complexity index is 319. The molecule has 1 amide bonds. The monoisotopic (exact) mass is 258 g/mol. The lowest BCUT2D eigenvalue weighted by Gasteiger charge is -2.29. The molecule has 1 aliphatic heterocycles. The van der Waals surface area contributed by atoms with E-state index in [9.17, 15) is 9.59 Å². The third-order valence-electron chi connectivity index (χ3n) is 3.26. The summed E-state index contributed by atoms with van der Waals surface area (Å²) in [6.45, 7) is 4.39. The van der Waals surface area contributed by atoms with Gasteiger partial charge in [0.05, 0.1) is 25.3 Å². The molecule has 0 spiro atoms. The van der Waals surface area contributed by atoms with E-state index in [2.05, 4.69) is 0 Å². The van der Waals surface area contributed by atoms with Gasteiger partial charge in [0.15, 0.2) is 0 Å². The minimum atomic E-state index is -0.936. The highest BCUT2D eigenvalue weighted by Crippen LogP contribution is 2.20. The van der Waals surface area contributed by atoms with Crippen LogP contribution in [-0.2, 0) is 14.3 Å². The van der Waals surface area contributed by atoms with Crippen LogP contribution in [0.25, 0.3) is 0 Å². The van der Waals surface area contributed by atoms with Gasteiger partial charge in [0.1, 0.15) is 5.92 Å². The lowest BCUT2D eigenvalue weighted by Crippen LogP contribution is -2.50. The van der Waals surface area contributed by atoms with Crippen LogP contribution in [0.1, 0.15) is 20.3 Å². The number of hydrogen-bond acceptors (Lipinski definition) is 4. The SMILES string of the molecule is CC(C)C[C@H](N)C(=O)N(C)C1COCC1C(=O)O. The Kier molecular flexibility index (Phi) is 5.10. The van der Waals surface area contributed by atoms with Gasteiger partial charge in [0, 0.05) is 7.05 Å². The Balaban J connectivity index is 2.65. The molecule has 18 heavy (non-hydrogen) atoms. The van der Waals surface area contributed by atoms with Crippen molar-refractivity contribution < 1.29 is 19.4 Å². The summed E-state index contributed by atoms with van der Waals surface area (Å²) in [5.74, 6) is -1.49. The molecule has 0 bridgehead atoms. The van der Waals surface area contributed by atoms with Crippen LogP contribution < -0.4 is 5.73 Å². The summed E-state index contributed by atoms with van der Waals surface area (Å²) in [4.78, 5) is 24.6. The minimum Gasteiger partial charge on any atom is -0.481 e. The van der Waals surface area contributed by atoms with E-state index in [0.29, 0.717) is 12.3 Å². The molecule has 1 fully saturated rings. The van der Waals surface area contributed by atoms with E-state index in [1.165, 1.54) is 4.90 Å². The van der Waals surface area contributed by atoms with Crippen LogP contribution in [0.3, 0.4) is 0 Å². The Morgan fingerprint density at radius 2 is 2.06 bits per heavy atom. The molecule has 1 aliphatic rings. The highest BCUT2D eigenvalue weighted by Gasteiger charge is 2.39. The van der Waals surface area contributed by atoms with Crippen molar-refractivity contribution in [2.24, 2.45) is 17.6 Å². The number of amides is 1. The summed E-state index contributed by atoms with van der Waals surface area (Å²) < 4.78 is 5.15. The van der Waals surface area contributed by atoms with Crippen LogP contribution in [0.15, 0.2) is 0 Å². The predicted molar refractivity (Wildman–Crippen MR) is 65.9 cm³/mol. The average molecular weight is 258 g/mol. The van der Waals surface area contributed by atoms with E-state index < -0.39 is 24.0 Å². The topological polar surface area (TPSA) is 92.9 Å². The maximum absolute atomic E-state index is 12.1. The zero-order valence-electron chi connectivity index (χ0n) is 11.1. The van der Waals surface area contributed by atoms with Gasteiger partial charge in [-0.25, -0.2) is 0 Å². The summed E-state index contributed by atoms with van der Waals surface area (Å²) >= 11 is 0. The first-order chi connectivity index (χ1) is 8.34. The van der Waals surface area contributed by atoms with Crippen LogP contribution in [0.2, 0.25) is 0 Å². The lowest BCUT2D eigenvalue weighted by molar-refractivity contribution is -0.144. The van der Waals surface area contributed by atoms with E-state index in [1.807, 2.05) is 13.8 Å². The summed E-state index contributed by atoms with van der Waals surface area (Å²) in [5, 5.41) is 9.05. The second-order valence-corrected chi connectivity index (χ2v) is 5.23. The number of likely N-dealkylation sites (N-methyl/N-ethyl adjacent to an activating group) is 1. The largest absolute Gasteiger partial charge is 0.481 e. The maximum Gasteiger partial charge on any atom is 0.311 e. The number of carbonyl (C=O) groups excluding carboxylic acids is 1. The van der Waals surface area contributed by atoms with Crippen LogP contribution in [-0.4, -0.2) is 54.2 Å². The Morgan fingerprint density at radius 3 is 2.56 bits per heavy atom. The standard InChI is InChI=1S/C12H22N2O4/c1-7(2)4-9(13)11(15)14(3)10-6-18-5-8(10)12(16)17/h7-10H,4-6,13H2,1-3H3,(H,16,17)/t8?,9-,10?/m0/s1. The van der Waals surface area contributed by atoms with Gasteiger partial charge in [0.25, 0.3) is 0 Å². The Hall–Kier alpha value is -1.14. The number of nitrogens with zero attached hydrogens (tertiary/aromatic N) is 1. The fourth-order valence-corrected chi connectivity index (χ4v) is 2.19. The first-order valence-electron chi connectivity index (χ1n) is 6.17. The van der Waals surface area contributed by atoms with E-state index >= 15 is 0 Å². The molecule has 3 N–H and O–H groups in total. The highest BCUT2D eigenvalue weighted by molar-refractivity contribution is 5.82.